The summed E-state index contributed by atoms with van der Waals surface area (Å²) < 4.78 is 8.05. The van der Waals surface area contributed by atoms with Crippen LogP contribution in [0.3, 0.4) is 0 Å². The average molecular weight is 523 g/mol. The van der Waals surface area contributed by atoms with E-state index in [1.165, 1.54) is 11.8 Å². The fourth-order valence-electron chi connectivity index (χ4n) is 2.93. The van der Waals surface area contributed by atoms with Crippen LogP contribution in [0.2, 0.25) is 0 Å². The molecule has 2 aromatic heterocycles. The molecule has 0 radical (unpaired) electrons. The van der Waals surface area contributed by atoms with Crippen molar-refractivity contribution in [3.05, 3.63) is 83.1 Å². The number of rotatable bonds is 8. The van der Waals surface area contributed by atoms with E-state index in [-0.39, 0.29) is 11.7 Å². The summed E-state index contributed by atoms with van der Waals surface area (Å²) in [7, 11) is 1.60. The van der Waals surface area contributed by atoms with Crippen LogP contribution in [-0.2, 0) is 4.79 Å². The SMILES string of the molecule is COc1cccc(C=NNC(=O)CSc2nnc(-c3cccnc3)n2-c2ccc(Br)cc2)c1. The highest BCUT2D eigenvalue weighted by atomic mass is 79.9. The molecule has 33 heavy (non-hydrogen) atoms. The zero-order valence-electron chi connectivity index (χ0n) is 17.6. The Labute approximate surface area is 203 Å². The lowest BCUT2D eigenvalue weighted by molar-refractivity contribution is -0.118. The van der Waals surface area contributed by atoms with Gasteiger partial charge >= 0.3 is 0 Å². The number of nitrogens with zero attached hydrogens (tertiary/aromatic N) is 5. The number of hydrazone groups is 1. The van der Waals surface area contributed by atoms with E-state index in [1.807, 2.05) is 65.2 Å². The van der Waals surface area contributed by atoms with Crippen molar-refractivity contribution in [1.82, 2.24) is 25.2 Å². The Morgan fingerprint density at radius 3 is 2.79 bits per heavy atom. The minimum Gasteiger partial charge on any atom is -0.497 e. The highest BCUT2D eigenvalue weighted by molar-refractivity contribution is 9.10. The van der Waals surface area contributed by atoms with E-state index in [1.54, 1.807) is 25.7 Å². The van der Waals surface area contributed by atoms with Crippen molar-refractivity contribution in [3.8, 4) is 22.8 Å². The molecule has 10 heteroatoms. The van der Waals surface area contributed by atoms with Gasteiger partial charge in [-0.1, -0.05) is 39.8 Å². The number of benzene rings is 2. The molecule has 4 aromatic rings. The molecule has 0 fully saturated rings. The van der Waals surface area contributed by atoms with Crippen LogP contribution < -0.4 is 10.2 Å². The lowest BCUT2D eigenvalue weighted by Gasteiger charge is -2.10. The smallest absolute Gasteiger partial charge is 0.250 e. The van der Waals surface area contributed by atoms with Crippen molar-refractivity contribution in [2.75, 3.05) is 12.9 Å². The van der Waals surface area contributed by atoms with Gasteiger partial charge in [-0.05, 0) is 54.1 Å². The molecule has 2 heterocycles. The van der Waals surface area contributed by atoms with Gasteiger partial charge in [-0.3, -0.25) is 14.3 Å². The van der Waals surface area contributed by atoms with Gasteiger partial charge in [-0.25, -0.2) is 5.43 Å². The van der Waals surface area contributed by atoms with Gasteiger partial charge in [0, 0.05) is 28.1 Å². The van der Waals surface area contributed by atoms with E-state index in [0.717, 1.165) is 27.0 Å². The predicted octanol–water partition coefficient (Wildman–Crippen LogP) is 4.34. The first-order valence-corrected chi connectivity index (χ1v) is 11.6. The van der Waals surface area contributed by atoms with Crippen LogP contribution in [0.5, 0.6) is 5.75 Å². The number of carbonyl (C=O) groups is 1. The summed E-state index contributed by atoms with van der Waals surface area (Å²) in [4.78, 5) is 16.5. The third kappa shape index (κ3) is 5.85. The predicted molar refractivity (Wildman–Crippen MR) is 132 cm³/mol. The van der Waals surface area contributed by atoms with E-state index < -0.39 is 0 Å². The number of pyridine rings is 1. The molecule has 1 amide bonds. The fourth-order valence-corrected chi connectivity index (χ4v) is 3.94. The van der Waals surface area contributed by atoms with Gasteiger partial charge in [0.25, 0.3) is 5.91 Å². The molecule has 0 unspecified atom stereocenters. The van der Waals surface area contributed by atoms with E-state index in [9.17, 15) is 4.79 Å². The van der Waals surface area contributed by atoms with Gasteiger partial charge in [0.2, 0.25) is 0 Å². The molecule has 0 atom stereocenters. The molecule has 0 aliphatic carbocycles. The number of ether oxygens (including phenoxy) is 1. The maximum absolute atomic E-state index is 12.4. The maximum Gasteiger partial charge on any atom is 0.250 e. The number of aromatic nitrogens is 4. The number of thioether (sulfide) groups is 1. The van der Waals surface area contributed by atoms with E-state index >= 15 is 0 Å². The third-order valence-electron chi connectivity index (χ3n) is 4.47. The molecule has 2 aromatic carbocycles. The lowest BCUT2D eigenvalue weighted by Crippen LogP contribution is -2.20. The standard InChI is InChI=1S/C23H19BrN6O2S/c1-32-20-6-2-4-16(12-20)13-26-27-21(31)15-33-23-29-28-22(17-5-3-11-25-14-17)30(23)19-9-7-18(24)8-10-19/h2-14H,15H2,1H3,(H,27,31). The number of methoxy groups -OCH3 is 1. The first-order chi connectivity index (χ1) is 16.1. The number of carbonyl (C=O) groups excluding carboxylic acids is 1. The molecule has 0 spiro atoms. The Morgan fingerprint density at radius 2 is 2.03 bits per heavy atom. The average Bonchev–Trinajstić information content (AvgIpc) is 3.28. The quantitative estimate of drug-likeness (QED) is 0.210. The van der Waals surface area contributed by atoms with Crippen LogP contribution in [0, 0.1) is 0 Å². The first kappa shape index (κ1) is 22.7. The second kappa shape index (κ2) is 10.9. The van der Waals surface area contributed by atoms with Crippen molar-refractivity contribution in [2.24, 2.45) is 5.10 Å². The monoisotopic (exact) mass is 522 g/mol. The van der Waals surface area contributed by atoms with Gasteiger partial charge < -0.3 is 4.74 Å². The Kier molecular flexibility index (Phi) is 7.48. The normalized spacial score (nSPS) is 11.0. The van der Waals surface area contributed by atoms with E-state index in [4.69, 9.17) is 4.74 Å². The molecule has 0 saturated heterocycles. The summed E-state index contributed by atoms with van der Waals surface area (Å²) in [6, 6.07) is 18.9. The summed E-state index contributed by atoms with van der Waals surface area (Å²) in [5.74, 6) is 1.23. The molecular weight excluding hydrogens is 504 g/mol. The van der Waals surface area contributed by atoms with Gasteiger partial charge in [-0.2, -0.15) is 5.10 Å². The summed E-state index contributed by atoms with van der Waals surface area (Å²) >= 11 is 4.73. The first-order valence-electron chi connectivity index (χ1n) is 9.84. The van der Waals surface area contributed by atoms with Crippen LogP contribution in [-0.4, -0.2) is 44.7 Å². The molecule has 0 bridgehead atoms. The minimum atomic E-state index is -0.257. The zero-order chi connectivity index (χ0) is 23.0. The number of nitrogens with one attached hydrogen (secondary N) is 1. The molecule has 4 rings (SSSR count). The van der Waals surface area contributed by atoms with Crippen molar-refractivity contribution in [2.45, 2.75) is 5.16 Å². The Bertz CT molecular complexity index is 1260. The lowest BCUT2D eigenvalue weighted by atomic mass is 10.2. The van der Waals surface area contributed by atoms with E-state index in [2.05, 4.69) is 41.6 Å². The number of halogens is 1. The molecule has 8 nitrogen and oxygen atoms in total. The third-order valence-corrected chi connectivity index (χ3v) is 5.92. The maximum atomic E-state index is 12.4. The van der Waals surface area contributed by atoms with Gasteiger partial charge in [0.05, 0.1) is 19.1 Å². The largest absolute Gasteiger partial charge is 0.497 e. The van der Waals surface area contributed by atoms with Crippen molar-refractivity contribution >= 4 is 39.8 Å². The second-order valence-electron chi connectivity index (χ2n) is 6.72. The summed E-state index contributed by atoms with van der Waals surface area (Å²) in [6.45, 7) is 0. The van der Waals surface area contributed by atoms with Gasteiger partial charge in [-0.15, -0.1) is 10.2 Å². The van der Waals surface area contributed by atoms with Crippen LogP contribution in [0.4, 0.5) is 0 Å². The minimum absolute atomic E-state index is 0.122. The second-order valence-corrected chi connectivity index (χ2v) is 8.58. The van der Waals surface area contributed by atoms with Crippen LogP contribution >= 0.6 is 27.7 Å². The number of amides is 1. The fraction of sp³-hybridized carbons (Fsp3) is 0.0870. The Morgan fingerprint density at radius 1 is 1.18 bits per heavy atom. The van der Waals surface area contributed by atoms with Gasteiger partial charge in [0.1, 0.15) is 5.75 Å². The number of hydrogen-bond acceptors (Lipinski definition) is 7. The molecule has 0 aliphatic rings. The topological polar surface area (TPSA) is 94.3 Å². The summed E-state index contributed by atoms with van der Waals surface area (Å²) in [5, 5.41) is 13.3. The van der Waals surface area contributed by atoms with Crippen molar-refractivity contribution in [3.63, 3.8) is 0 Å². The zero-order valence-corrected chi connectivity index (χ0v) is 20.0. The molecule has 1 N–H and O–H groups in total. The van der Waals surface area contributed by atoms with Crippen LogP contribution in [0.15, 0.2) is 87.8 Å². The molecule has 166 valence electrons. The molecule has 0 saturated carbocycles. The van der Waals surface area contributed by atoms with E-state index in [0.29, 0.717) is 11.0 Å². The molecular formula is C23H19BrN6O2S. The highest BCUT2D eigenvalue weighted by Gasteiger charge is 2.17. The highest BCUT2D eigenvalue weighted by Crippen LogP contribution is 2.28. The van der Waals surface area contributed by atoms with Gasteiger partial charge in [0.15, 0.2) is 11.0 Å². The van der Waals surface area contributed by atoms with Crippen molar-refractivity contribution < 1.29 is 9.53 Å². The molecule has 0 aliphatic heterocycles. The summed E-state index contributed by atoms with van der Waals surface area (Å²) in [5.41, 5.74) is 5.06. The number of hydrogen-bond donors (Lipinski definition) is 1. The van der Waals surface area contributed by atoms with Crippen LogP contribution in [0.1, 0.15) is 5.56 Å². The Balaban J connectivity index is 1.48. The van der Waals surface area contributed by atoms with Crippen LogP contribution in [0.25, 0.3) is 17.1 Å². The summed E-state index contributed by atoms with van der Waals surface area (Å²) in [6.07, 6.45) is 5.00. The Hall–Kier alpha value is -3.50. The van der Waals surface area contributed by atoms with Crippen molar-refractivity contribution in [1.29, 1.82) is 0 Å².